The van der Waals surface area contributed by atoms with Gasteiger partial charge in [0, 0.05) is 36.1 Å². The van der Waals surface area contributed by atoms with Gasteiger partial charge in [0.2, 0.25) is 0 Å². The predicted molar refractivity (Wildman–Crippen MR) is 115 cm³/mol. The van der Waals surface area contributed by atoms with Gasteiger partial charge >= 0.3 is 0 Å². The predicted octanol–water partition coefficient (Wildman–Crippen LogP) is 4.03. The fourth-order valence-electron chi connectivity index (χ4n) is 3.76. The minimum Gasteiger partial charge on any atom is -0.361 e. The molecule has 1 fully saturated rings. The number of hydrogen-bond donors (Lipinski definition) is 2. The van der Waals surface area contributed by atoms with Crippen molar-refractivity contribution in [3.8, 4) is 0 Å². The van der Waals surface area contributed by atoms with E-state index < -0.39 is 0 Å². The summed E-state index contributed by atoms with van der Waals surface area (Å²) in [5, 5.41) is 5.59. The first-order chi connectivity index (χ1) is 14.1. The Kier molecular flexibility index (Phi) is 5.76. The second-order valence-corrected chi connectivity index (χ2v) is 7.91. The molecule has 5 nitrogen and oxygen atoms in total. The van der Waals surface area contributed by atoms with Crippen LogP contribution in [0.3, 0.4) is 0 Å². The van der Waals surface area contributed by atoms with E-state index in [1.807, 2.05) is 18.2 Å². The van der Waals surface area contributed by atoms with Crippen LogP contribution in [0.15, 0.2) is 54.7 Å². The van der Waals surface area contributed by atoms with Gasteiger partial charge in [0.25, 0.3) is 11.8 Å². The molecule has 0 radical (unpaired) electrons. The zero-order chi connectivity index (χ0) is 20.2. The van der Waals surface area contributed by atoms with Gasteiger partial charge in [-0.05, 0) is 55.5 Å². The Morgan fingerprint density at radius 1 is 1.03 bits per heavy atom. The molecule has 1 aliphatic heterocycles. The first kappa shape index (κ1) is 19.4. The third-order valence-corrected chi connectivity index (χ3v) is 5.43. The Morgan fingerprint density at radius 3 is 2.45 bits per heavy atom. The van der Waals surface area contributed by atoms with E-state index in [-0.39, 0.29) is 11.8 Å². The molecule has 150 valence electrons. The standard InChI is InChI=1S/C24H27N3O2/c1-2-13-27(15-17-7-8-17)16-18-9-11-19(12-10-18)25-14-22-20-5-3-4-6-21(20)23(28)26-24(22)29/h3-6,9-12,14,17,25H,2,7-8,13,15-16H2,1H3,(H,26,28,29). The average Bonchev–Trinajstić information content (AvgIpc) is 3.53. The molecule has 2 amide bonds. The van der Waals surface area contributed by atoms with E-state index in [1.165, 1.54) is 31.4 Å². The Hall–Kier alpha value is -2.92. The van der Waals surface area contributed by atoms with Crippen molar-refractivity contribution >= 4 is 23.1 Å². The van der Waals surface area contributed by atoms with Gasteiger partial charge in [0.1, 0.15) is 0 Å². The highest BCUT2D eigenvalue weighted by molar-refractivity contribution is 6.31. The summed E-state index contributed by atoms with van der Waals surface area (Å²) in [6.07, 6.45) is 5.60. The summed E-state index contributed by atoms with van der Waals surface area (Å²) >= 11 is 0. The molecule has 0 atom stereocenters. The van der Waals surface area contributed by atoms with Crippen molar-refractivity contribution in [3.63, 3.8) is 0 Å². The summed E-state index contributed by atoms with van der Waals surface area (Å²) in [6, 6.07) is 15.5. The second-order valence-electron chi connectivity index (χ2n) is 7.91. The van der Waals surface area contributed by atoms with Crippen molar-refractivity contribution in [3.05, 3.63) is 71.4 Å². The Balaban J connectivity index is 1.44. The van der Waals surface area contributed by atoms with Crippen molar-refractivity contribution < 1.29 is 9.59 Å². The van der Waals surface area contributed by atoms with Crippen molar-refractivity contribution in [2.24, 2.45) is 5.92 Å². The van der Waals surface area contributed by atoms with E-state index in [1.54, 1.807) is 24.4 Å². The number of carbonyl (C=O) groups excluding carboxylic acids is 2. The maximum absolute atomic E-state index is 12.3. The maximum Gasteiger partial charge on any atom is 0.260 e. The fourth-order valence-corrected chi connectivity index (χ4v) is 3.76. The lowest BCUT2D eigenvalue weighted by Gasteiger charge is -2.21. The zero-order valence-corrected chi connectivity index (χ0v) is 16.8. The van der Waals surface area contributed by atoms with Gasteiger partial charge in [-0.3, -0.25) is 19.8 Å². The van der Waals surface area contributed by atoms with Crippen LogP contribution in [0, 0.1) is 5.92 Å². The van der Waals surface area contributed by atoms with Crippen LogP contribution in [0.4, 0.5) is 5.69 Å². The normalized spacial score (nSPS) is 17.4. The Labute approximate surface area is 171 Å². The molecule has 29 heavy (non-hydrogen) atoms. The van der Waals surface area contributed by atoms with Crippen LogP contribution >= 0.6 is 0 Å². The van der Waals surface area contributed by atoms with Gasteiger partial charge in [-0.15, -0.1) is 0 Å². The first-order valence-corrected chi connectivity index (χ1v) is 10.4. The summed E-state index contributed by atoms with van der Waals surface area (Å²) in [5.74, 6) is 0.161. The van der Waals surface area contributed by atoms with Gasteiger partial charge in [0.05, 0.1) is 5.57 Å². The van der Waals surface area contributed by atoms with Crippen molar-refractivity contribution in [1.29, 1.82) is 0 Å². The van der Waals surface area contributed by atoms with Gasteiger partial charge in [-0.2, -0.15) is 0 Å². The molecule has 0 unspecified atom stereocenters. The number of fused-ring (bicyclic) bond motifs is 1. The van der Waals surface area contributed by atoms with Crippen molar-refractivity contribution in [1.82, 2.24) is 10.2 Å². The van der Waals surface area contributed by atoms with E-state index in [9.17, 15) is 9.59 Å². The maximum atomic E-state index is 12.3. The summed E-state index contributed by atoms with van der Waals surface area (Å²) in [4.78, 5) is 26.8. The molecule has 1 saturated carbocycles. The van der Waals surface area contributed by atoms with Crippen LogP contribution in [-0.4, -0.2) is 29.8 Å². The Morgan fingerprint density at radius 2 is 1.76 bits per heavy atom. The molecule has 2 N–H and O–H groups in total. The molecule has 5 heteroatoms. The molecule has 2 aromatic carbocycles. The van der Waals surface area contributed by atoms with E-state index in [2.05, 4.69) is 34.6 Å². The fraction of sp³-hybridized carbons (Fsp3) is 0.333. The molecule has 2 aliphatic rings. The largest absolute Gasteiger partial charge is 0.361 e. The number of anilines is 1. The van der Waals surface area contributed by atoms with E-state index in [0.29, 0.717) is 16.7 Å². The topological polar surface area (TPSA) is 61.4 Å². The molecule has 0 bridgehead atoms. The van der Waals surface area contributed by atoms with Gasteiger partial charge in [-0.25, -0.2) is 0 Å². The number of nitrogens with zero attached hydrogens (tertiary/aromatic N) is 1. The van der Waals surface area contributed by atoms with Crippen LogP contribution in [0.1, 0.15) is 47.7 Å². The number of carbonyl (C=O) groups is 2. The summed E-state index contributed by atoms with van der Waals surface area (Å²) in [5.41, 5.74) is 3.84. The summed E-state index contributed by atoms with van der Waals surface area (Å²) in [6.45, 7) is 5.54. The monoisotopic (exact) mass is 389 g/mol. The average molecular weight is 389 g/mol. The van der Waals surface area contributed by atoms with E-state index in [0.717, 1.165) is 24.7 Å². The summed E-state index contributed by atoms with van der Waals surface area (Å²) < 4.78 is 0. The van der Waals surface area contributed by atoms with Crippen molar-refractivity contribution in [2.45, 2.75) is 32.7 Å². The van der Waals surface area contributed by atoms with Gasteiger partial charge < -0.3 is 5.32 Å². The van der Waals surface area contributed by atoms with Crippen molar-refractivity contribution in [2.75, 3.05) is 18.4 Å². The number of amides is 2. The quantitative estimate of drug-likeness (QED) is 0.529. The number of hydrogen-bond acceptors (Lipinski definition) is 4. The highest BCUT2D eigenvalue weighted by atomic mass is 16.2. The highest BCUT2D eigenvalue weighted by Gasteiger charge is 2.26. The molecule has 4 rings (SSSR count). The van der Waals surface area contributed by atoms with E-state index in [4.69, 9.17) is 0 Å². The third kappa shape index (κ3) is 4.74. The van der Waals surface area contributed by atoms with Crippen LogP contribution in [0.25, 0.3) is 5.57 Å². The second kappa shape index (κ2) is 8.62. The van der Waals surface area contributed by atoms with Gasteiger partial charge in [-0.1, -0.05) is 37.3 Å². The molecule has 2 aromatic rings. The Bertz CT molecular complexity index is 929. The lowest BCUT2D eigenvalue weighted by atomic mass is 9.96. The molecular weight excluding hydrogens is 362 g/mol. The minimum atomic E-state index is -0.381. The molecule has 1 aliphatic carbocycles. The first-order valence-electron chi connectivity index (χ1n) is 10.4. The SMILES string of the molecule is CCCN(Cc1ccc(NC=C2C(=O)NC(=O)c3ccccc32)cc1)CC1CC1. The molecule has 0 saturated heterocycles. The van der Waals surface area contributed by atoms with Crippen LogP contribution in [0.2, 0.25) is 0 Å². The number of imide groups is 1. The van der Waals surface area contributed by atoms with E-state index >= 15 is 0 Å². The smallest absolute Gasteiger partial charge is 0.260 e. The van der Waals surface area contributed by atoms with Gasteiger partial charge in [0.15, 0.2) is 0 Å². The molecule has 0 spiro atoms. The number of rotatable bonds is 8. The molecule has 0 aromatic heterocycles. The van der Waals surface area contributed by atoms with Crippen LogP contribution < -0.4 is 10.6 Å². The highest BCUT2D eigenvalue weighted by Crippen LogP contribution is 2.30. The molecule has 1 heterocycles. The zero-order valence-electron chi connectivity index (χ0n) is 16.8. The van der Waals surface area contributed by atoms with Crippen LogP contribution in [0.5, 0.6) is 0 Å². The van der Waals surface area contributed by atoms with Crippen LogP contribution in [-0.2, 0) is 11.3 Å². The third-order valence-electron chi connectivity index (χ3n) is 5.43. The minimum absolute atomic E-state index is 0.352. The summed E-state index contributed by atoms with van der Waals surface area (Å²) in [7, 11) is 0. The number of nitrogens with one attached hydrogen (secondary N) is 2. The number of benzene rings is 2. The molecular formula is C24H27N3O2. The lowest BCUT2D eigenvalue weighted by molar-refractivity contribution is -0.114. The lowest BCUT2D eigenvalue weighted by Crippen LogP contribution is -2.36.